The number of morpholine rings is 1. The predicted octanol–water partition coefficient (Wildman–Crippen LogP) is 6.15. The Hall–Kier alpha value is -2.91. The van der Waals surface area contributed by atoms with Crippen molar-refractivity contribution in [2.24, 2.45) is 0 Å². The number of H-pyrrole nitrogens is 1. The third-order valence-corrected chi connectivity index (χ3v) is 8.93. The Kier molecular flexibility index (Phi) is 6.67. The molecule has 182 valence electrons. The second kappa shape index (κ2) is 10.2. The molecular formula is C27H23ClN4O2S2. The van der Waals surface area contributed by atoms with Gasteiger partial charge in [-0.05, 0) is 42.5 Å². The molecule has 0 atom stereocenters. The summed E-state index contributed by atoms with van der Waals surface area (Å²) in [4.78, 5) is 26.9. The van der Waals surface area contributed by atoms with Crippen LogP contribution in [0.1, 0.15) is 5.69 Å². The minimum Gasteiger partial charge on any atom is -0.379 e. The summed E-state index contributed by atoms with van der Waals surface area (Å²) in [6.07, 6.45) is 1.72. The van der Waals surface area contributed by atoms with E-state index in [1.54, 1.807) is 41.9 Å². The fourth-order valence-corrected chi connectivity index (χ4v) is 6.94. The van der Waals surface area contributed by atoms with Gasteiger partial charge >= 0.3 is 0 Å². The van der Waals surface area contributed by atoms with Gasteiger partial charge < -0.3 is 19.9 Å². The number of rotatable bonds is 5. The highest BCUT2D eigenvalue weighted by Gasteiger charge is 2.22. The average molecular weight is 535 g/mol. The van der Waals surface area contributed by atoms with Gasteiger partial charge in [0.05, 0.1) is 31.1 Å². The van der Waals surface area contributed by atoms with E-state index in [2.05, 4.69) is 62.6 Å². The fourth-order valence-electron chi connectivity index (χ4n) is 4.34. The van der Waals surface area contributed by atoms with Crippen molar-refractivity contribution in [2.75, 3.05) is 36.5 Å². The Morgan fingerprint density at radius 2 is 1.89 bits per heavy atom. The summed E-state index contributed by atoms with van der Waals surface area (Å²) >= 11 is 9.57. The van der Waals surface area contributed by atoms with Gasteiger partial charge in [-0.2, -0.15) is 0 Å². The fraction of sp³-hybridized carbons (Fsp3) is 0.185. The van der Waals surface area contributed by atoms with Crippen LogP contribution in [0.3, 0.4) is 0 Å². The van der Waals surface area contributed by atoms with Crippen LogP contribution in [0.2, 0.25) is 5.02 Å². The van der Waals surface area contributed by atoms with Crippen molar-refractivity contribution in [2.45, 2.75) is 26.1 Å². The number of nitrogens with one attached hydrogen (secondary N) is 2. The van der Waals surface area contributed by atoms with Crippen LogP contribution in [0.25, 0.3) is 11.3 Å². The van der Waals surface area contributed by atoms with Crippen molar-refractivity contribution in [3.8, 4) is 11.3 Å². The molecule has 6 rings (SSSR count). The first kappa shape index (κ1) is 23.5. The molecule has 9 heteroatoms. The molecule has 4 aromatic rings. The molecule has 2 N–H and O–H groups in total. The van der Waals surface area contributed by atoms with Crippen molar-refractivity contribution in [3.05, 3.63) is 87.9 Å². The minimum absolute atomic E-state index is 0.0923. The zero-order chi connectivity index (χ0) is 24.5. The first-order valence-electron chi connectivity index (χ1n) is 11.7. The van der Waals surface area contributed by atoms with Gasteiger partial charge in [0.2, 0.25) is 5.56 Å². The molecule has 6 nitrogen and oxygen atoms in total. The molecule has 36 heavy (non-hydrogen) atoms. The van der Waals surface area contributed by atoms with Gasteiger partial charge in [-0.15, -0.1) is 0 Å². The van der Waals surface area contributed by atoms with E-state index in [1.165, 1.54) is 14.7 Å². The van der Waals surface area contributed by atoms with Crippen LogP contribution in [0.5, 0.6) is 0 Å². The Morgan fingerprint density at radius 1 is 1.00 bits per heavy atom. The Balaban J connectivity index is 1.26. The van der Waals surface area contributed by atoms with Crippen LogP contribution in [0.4, 0.5) is 11.4 Å². The van der Waals surface area contributed by atoms with Crippen molar-refractivity contribution < 1.29 is 4.74 Å². The van der Waals surface area contributed by atoms with Crippen LogP contribution in [-0.2, 0) is 11.3 Å². The molecule has 0 radical (unpaired) electrons. The Labute approximate surface area is 222 Å². The number of fused-ring (bicyclic) bond motifs is 2. The highest BCUT2D eigenvalue weighted by atomic mass is 35.5. The lowest BCUT2D eigenvalue weighted by atomic mass is 10.1. The summed E-state index contributed by atoms with van der Waals surface area (Å²) in [5, 5.41) is 4.13. The highest BCUT2D eigenvalue weighted by molar-refractivity contribution is 8.05. The summed E-state index contributed by atoms with van der Waals surface area (Å²) < 4.78 is 5.48. The Morgan fingerprint density at radius 3 is 2.75 bits per heavy atom. The summed E-state index contributed by atoms with van der Waals surface area (Å²) in [6, 6.07) is 20.1. The second-order valence-electron chi connectivity index (χ2n) is 8.53. The SMILES string of the molecule is O=c1cc(N2CCOCC2)cc(-c2cccc3c2Sc2ccc(NCc4cc(Cl)ccn4)cc2S3)[nH]1. The van der Waals surface area contributed by atoms with E-state index < -0.39 is 0 Å². The van der Waals surface area contributed by atoms with Crippen LogP contribution in [0, 0.1) is 0 Å². The molecule has 1 saturated heterocycles. The molecule has 2 aliphatic heterocycles. The lowest BCUT2D eigenvalue weighted by molar-refractivity contribution is 0.122. The third-order valence-electron chi connectivity index (χ3n) is 6.10. The molecule has 0 spiro atoms. The number of aromatic amines is 1. The lowest BCUT2D eigenvalue weighted by Crippen LogP contribution is -2.36. The van der Waals surface area contributed by atoms with Crippen LogP contribution in [-0.4, -0.2) is 36.3 Å². The standard InChI is InChI=1S/C27H23ClN4O2S2/c28-17-6-7-29-19(12-17)16-30-18-4-5-23-25(13-18)35-24-3-1-2-21(27(24)36-23)22-14-20(15-26(33)31-22)32-8-10-34-11-9-32/h1-7,12-15,30H,8-11,16H2,(H,31,33). The number of benzene rings is 2. The zero-order valence-electron chi connectivity index (χ0n) is 19.3. The van der Waals surface area contributed by atoms with E-state index >= 15 is 0 Å². The molecular weight excluding hydrogens is 512 g/mol. The number of anilines is 2. The van der Waals surface area contributed by atoms with Crippen molar-refractivity contribution in [1.29, 1.82) is 0 Å². The summed E-state index contributed by atoms with van der Waals surface area (Å²) in [6.45, 7) is 3.54. The summed E-state index contributed by atoms with van der Waals surface area (Å²) in [7, 11) is 0. The molecule has 1 fully saturated rings. The Bertz CT molecular complexity index is 1490. The number of nitrogens with zero attached hydrogens (tertiary/aromatic N) is 2. The lowest BCUT2D eigenvalue weighted by Gasteiger charge is -2.29. The molecule has 0 saturated carbocycles. The number of ether oxygens (including phenoxy) is 1. The maximum Gasteiger partial charge on any atom is 0.250 e. The van der Waals surface area contributed by atoms with Crippen LogP contribution < -0.4 is 15.8 Å². The van der Waals surface area contributed by atoms with Crippen LogP contribution in [0.15, 0.2) is 91.2 Å². The number of hydrogen-bond acceptors (Lipinski definition) is 7. The van der Waals surface area contributed by atoms with Gasteiger partial charge in [-0.3, -0.25) is 9.78 Å². The maximum atomic E-state index is 12.6. The molecule has 0 amide bonds. The molecule has 0 unspecified atom stereocenters. The van der Waals surface area contributed by atoms with Crippen LogP contribution >= 0.6 is 35.1 Å². The zero-order valence-corrected chi connectivity index (χ0v) is 21.7. The number of halogens is 1. The van der Waals surface area contributed by atoms with Gasteiger partial charge in [0.25, 0.3) is 0 Å². The number of pyridine rings is 2. The highest BCUT2D eigenvalue weighted by Crippen LogP contribution is 2.52. The second-order valence-corrected chi connectivity index (χ2v) is 11.1. The minimum atomic E-state index is -0.0923. The molecule has 2 aromatic carbocycles. The number of aromatic nitrogens is 2. The van der Waals surface area contributed by atoms with E-state index in [0.29, 0.717) is 24.8 Å². The quantitative estimate of drug-likeness (QED) is 0.280. The normalized spacial score (nSPS) is 14.8. The van der Waals surface area contributed by atoms with Gasteiger partial charge in [0.15, 0.2) is 0 Å². The molecule has 0 aliphatic carbocycles. The van der Waals surface area contributed by atoms with E-state index in [9.17, 15) is 4.79 Å². The molecule has 4 heterocycles. The van der Waals surface area contributed by atoms with E-state index in [4.69, 9.17) is 16.3 Å². The first-order chi connectivity index (χ1) is 17.6. The summed E-state index contributed by atoms with van der Waals surface area (Å²) in [5.74, 6) is 0. The largest absolute Gasteiger partial charge is 0.379 e. The smallest absolute Gasteiger partial charge is 0.250 e. The van der Waals surface area contributed by atoms with Crippen molar-refractivity contribution in [3.63, 3.8) is 0 Å². The van der Waals surface area contributed by atoms with E-state index in [1.807, 2.05) is 6.07 Å². The van der Waals surface area contributed by atoms with Crippen molar-refractivity contribution in [1.82, 2.24) is 9.97 Å². The van der Waals surface area contributed by atoms with Crippen molar-refractivity contribution >= 4 is 46.5 Å². The molecule has 0 bridgehead atoms. The van der Waals surface area contributed by atoms with E-state index in [-0.39, 0.29) is 5.56 Å². The van der Waals surface area contributed by atoms with Gasteiger partial charge in [0, 0.05) is 66.9 Å². The summed E-state index contributed by atoms with van der Waals surface area (Å²) in [5.41, 5.74) is 4.65. The van der Waals surface area contributed by atoms with Gasteiger partial charge in [-0.25, -0.2) is 0 Å². The first-order valence-corrected chi connectivity index (χ1v) is 13.7. The van der Waals surface area contributed by atoms with E-state index in [0.717, 1.165) is 46.3 Å². The third kappa shape index (κ3) is 4.99. The molecule has 2 aliphatic rings. The molecule has 2 aromatic heterocycles. The predicted molar refractivity (Wildman–Crippen MR) is 147 cm³/mol. The van der Waals surface area contributed by atoms with Gasteiger partial charge in [-0.1, -0.05) is 47.3 Å². The monoisotopic (exact) mass is 534 g/mol. The average Bonchev–Trinajstić information content (AvgIpc) is 2.90. The maximum absolute atomic E-state index is 12.6. The number of hydrogen-bond donors (Lipinski definition) is 2. The van der Waals surface area contributed by atoms with Gasteiger partial charge in [0.1, 0.15) is 0 Å². The topological polar surface area (TPSA) is 70.2 Å².